The number of aryl methyl sites for hydroxylation is 1. The van der Waals surface area contributed by atoms with E-state index in [-0.39, 0.29) is 5.91 Å². The van der Waals surface area contributed by atoms with Gasteiger partial charge in [0.2, 0.25) is 5.91 Å². The molecule has 1 aliphatic heterocycles. The van der Waals surface area contributed by atoms with Crippen LogP contribution < -0.4 is 0 Å². The zero-order chi connectivity index (χ0) is 18.7. The lowest BCUT2D eigenvalue weighted by molar-refractivity contribution is -0.133. The monoisotopic (exact) mass is 354 g/mol. The Morgan fingerprint density at radius 1 is 1.19 bits per heavy atom. The van der Waals surface area contributed by atoms with Crippen molar-refractivity contribution in [3.8, 4) is 5.69 Å². The Morgan fingerprint density at radius 2 is 1.85 bits per heavy atom. The fourth-order valence-corrected chi connectivity index (χ4v) is 3.64. The molecule has 0 bridgehead atoms. The van der Waals surface area contributed by atoms with Gasteiger partial charge < -0.3 is 4.90 Å². The number of nitrogens with zero attached hydrogens (tertiary/aromatic N) is 4. The molecule has 0 atom stereocenters. The van der Waals surface area contributed by atoms with E-state index in [0.717, 1.165) is 55.5 Å². The molecule has 5 heteroatoms. The normalized spacial score (nSPS) is 15.7. The molecule has 26 heavy (non-hydrogen) atoms. The number of benzene rings is 1. The van der Waals surface area contributed by atoms with Crippen LogP contribution in [0.2, 0.25) is 0 Å². The van der Waals surface area contributed by atoms with E-state index in [1.165, 1.54) is 5.56 Å². The number of amides is 1. The molecular weight excluding hydrogens is 324 g/mol. The van der Waals surface area contributed by atoms with Crippen molar-refractivity contribution < 1.29 is 4.79 Å². The van der Waals surface area contributed by atoms with Gasteiger partial charge in [0.25, 0.3) is 0 Å². The van der Waals surface area contributed by atoms with Crippen LogP contribution in [-0.2, 0) is 11.3 Å². The minimum Gasteiger partial charge on any atom is -0.342 e. The molecule has 140 valence electrons. The molecule has 0 aliphatic carbocycles. The molecule has 1 saturated heterocycles. The molecule has 5 nitrogen and oxygen atoms in total. The third-order valence-electron chi connectivity index (χ3n) is 5.41. The molecule has 2 heterocycles. The quantitative estimate of drug-likeness (QED) is 0.828. The van der Waals surface area contributed by atoms with Gasteiger partial charge in [-0.1, -0.05) is 25.1 Å². The average molecular weight is 354 g/mol. The summed E-state index contributed by atoms with van der Waals surface area (Å²) < 4.78 is 1.99. The number of rotatable bonds is 5. The molecule has 1 aromatic heterocycles. The predicted octanol–water partition coefficient (Wildman–Crippen LogP) is 3.18. The predicted molar refractivity (Wildman–Crippen MR) is 104 cm³/mol. The fourth-order valence-electron chi connectivity index (χ4n) is 3.64. The molecule has 0 radical (unpaired) electrons. The number of hydrogen-bond acceptors (Lipinski definition) is 3. The minimum absolute atomic E-state index is 0.241. The molecule has 1 aliphatic rings. The van der Waals surface area contributed by atoms with Gasteiger partial charge in [-0.3, -0.25) is 9.69 Å². The van der Waals surface area contributed by atoms with Crippen LogP contribution in [0.15, 0.2) is 30.3 Å². The smallest absolute Gasteiger partial charge is 0.236 e. The van der Waals surface area contributed by atoms with E-state index in [0.29, 0.717) is 6.54 Å². The maximum Gasteiger partial charge on any atom is 0.236 e. The van der Waals surface area contributed by atoms with Crippen LogP contribution in [0.1, 0.15) is 36.7 Å². The molecule has 1 amide bonds. The fraction of sp³-hybridized carbons (Fsp3) is 0.524. The Kier molecular flexibility index (Phi) is 5.77. The number of hydrogen-bond donors (Lipinski definition) is 0. The Balaban J connectivity index is 1.65. The maximum absolute atomic E-state index is 12.6. The maximum atomic E-state index is 12.6. The number of likely N-dealkylation sites (N-methyl/N-ethyl adjacent to an activating group) is 1. The van der Waals surface area contributed by atoms with Crippen molar-refractivity contribution in [2.24, 2.45) is 5.92 Å². The molecule has 3 rings (SSSR count). The molecule has 2 aromatic rings. The number of carbonyl (C=O) groups excluding carboxylic acids is 1. The van der Waals surface area contributed by atoms with Crippen molar-refractivity contribution in [1.29, 1.82) is 0 Å². The van der Waals surface area contributed by atoms with Gasteiger partial charge in [0.15, 0.2) is 0 Å². The lowest BCUT2D eigenvalue weighted by Gasteiger charge is -2.31. The third kappa shape index (κ3) is 4.15. The first kappa shape index (κ1) is 18.6. The highest BCUT2D eigenvalue weighted by Gasteiger charge is 2.22. The second-order valence-electron chi connectivity index (χ2n) is 7.63. The van der Waals surface area contributed by atoms with Crippen LogP contribution in [0.5, 0.6) is 0 Å². The number of piperidine rings is 1. The van der Waals surface area contributed by atoms with Gasteiger partial charge in [-0.15, -0.1) is 0 Å². The Hall–Kier alpha value is -2.14. The second-order valence-corrected chi connectivity index (χ2v) is 7.63. The Labute approximate surface area is 156 Å². The van der Waals surface area contributed by atoms with Crippen molar-refractivity contribution in [1.82, 2.24) is 19.6 Å². The summed E-state index contributed by atoms with van der Waals surface area (Å²) in [6, 6.07) is 10.2. The number of carbonyl (C=O) groups is 1. The van der Waals surface area contributed by atoms with Gasteiger partial charge in [0, 0.05) is 30.9 Å². The highest BCUT2D eigenvalue weighted by atomic mass is 16.2. The number of likely N-dealkylation sites (tertiary alicyclic amines) is 1. The summed E-state index contributed by atoms with van der Waals surface area (Å²) in [7, 11) is 2.02. The molecule has 0 saturated carbocycles. The first-order valence-electron chi connectivity index (χ1n) is 9.52. The van der Waals surface area contributed by atoms with Crippen LogP contribution in [-0.4, -0.2) is 52.2 Å². The second kappa shape index (κ2) is 8.04. The molecular formula is C21H30N4O. The summed E-state index contributed by atoms with van der Waals surface area (Å²) in [5, 5.41) is 4.71. The zero-order valence-corrected chi connectivity index (χ0v) is 16.4. The minimum atomic E-state index is 0.241. The topological polar surface area (TPSA) is 41.4 Å². The standard InChI is InChI=1S/C21H30N4O/c1-16-10-12-24(13-11-16)21(26)15-23(4)14-20-17(2)22-25(18(20)3)19-8-6-5-7-9-19/h5-9,16H,10-15H2,1-4H3. The van der Waals surface area contributed by atoms with E-state index in [9.17, 15) is 4.79 Å². The highest BCUT2D eigenvalue weighted by Crippen LogP contribution is 2.20. The first-order valence-corrected chi connectivity index (χ1v) is 9.52. The number of para-hydroxylation sites is 1. The third-order valence-corrected chi connectivity index (χ3v) is 5.41. The van der Waals surface area contributed by atoms with Crippen LogP contribution in [0.25, 0.3) is 5.69 Å². The van der Waals surface area contributed by atoms with Crippen molar-refractivity contribution in [3.05, 3.63) is 47.3 Å². The summed E-state index contributed by atoms with van der Waals surface area (Å²) in [5.41, 5.74) is 4.44. The molecule has 0 N–H and O–H groups in total. The molecule has 0 spiro atoms. The summed E-state index contributed by atoms with van der Waals surface area (Å²) in [6.07, 6.45) is 2.25. The largest absolute Gasteiger partial charge is 0.342 e. The van der Waals surface area contributed by atoms with Gasteiger partial charge in [-0.05, 0) is 51.8 Å². The van der Waals surface area contributed by atoms with E-state index in [1.54, 1.807) is 0 Å². The zero-order valence-electron chi connectivity index (χ0n) is 16.4. The van der Waals surface area contributed by atoms with Crippen LogP contribution in [0.4, 0.5) is 0 Å². The van der Waals surface area contributed by atoms with Gasteiger partial charge in [0.1, 0.15) is 0 Å². The van der Waals surface area contributed by atoms with Crippen LogP contribution in [0.3, 0.4) is 0 Å². The summed E-state index contributed by atoms with van der Waals surface area (Å²) in [5.74, 6) is 0.982. The SMILES string of the molecule is Cc1nn(-c2ccccc2)c(C)c1CN(C)CC(=O)N1CCC(C)CC1. The lowest BCUT2D eigenvalue weighted by Crippen LogP contribution is -2.43. The highest BCUT2D eigenvalue weighted by molar-refractivity contribution is 5.78. The van der Waals surface area contributed by atoms with E-state index in [1.807, 2.05) is 41.8 Å². The van der Waals surface area contributed by atoms with E-state index in [4.69, 9.17) is 5.10 Å². The average Bonchev–Trinajstić information content (AvgIpc) is 2.91. The molecule has 0 unspecified atom stereocenters. The van der Waals surface area contributed by atoms with Crippen molar-refractivity contribution in [3.63, 3.8) is 0 Å². The van der Waals surface area contributed by atoms with Crippen molar-refractivity contribution in [2.75, 3.05) is 26.7 Å². The van der Waals surface area contributed by atoms with Crippen molar-refractivity contribution in [2.45, 2.75) is 40.2 Å². The van der Waals surface area contributed by atoms with Gasteiger partial charge in [-0.2, -0.15) is 5.10 Å². The molecule has 1 aromatic carbocycles. The van der Waals surface area contributed by atoms with Gasteiger partial charge in [0.05, 0.1) is 17.9 Å². The van der Waals surface area contributed by atoms with E-state index < -0.39 is 0 Å². The van der Waals surface area contributed by atoms with Crippen LogP contribution in [0, 0.1) is 19.8 Å². The molecule has 1 fully saturated rings. The number of aromatic nitrogens is 2. The van der Waals surface area contributed by atoms with Gasteiger partial charge >= 0.3 is 0 Å². The Morgan fingerprint density at radius 3 is 2.50 bits per heavy atom. The lowest BCUT2D eigenvalue weighted by atomic mass is 9.99. The first-order chi connectivity index (χ1) is 12.5. The van der Waals surface area contributed by atoms with Crippen molar-refractivity contribution >= 4 is 5.91 Å². The van der Waals surface area contributed by atoms with Crippen LogP contribution >= 0.6 is 0 Å². The Bertz CT molecular complexity index is 745. The summed E-state index contributed by atoms with van der Waals surface area (Å²) >= 11 is 0. The van der Waals surface area contributed by atoms with Gasteiger partial charge in [-0.25, -0.2) is 4.68 Å². The summed E-state index contributed by atoms with van der Waals surface area (Å²) in [6.45, 7) is 9.41. The van der Waals surface area contributed by atoms with E-state index in [2.05, 4.69) is 30.9 Å². The summed E-state index contributed by atoms with van der Waals surface area (Å²) in [4.78, 5) is 16.7. The van der Waals surface area contributed by atoms with E-state index >= 15 is 0 Å².